The largest absolute Gasteiger partial charge is 0.368 e. The quantitative estimate of drug-likeness (QED) is 0.805. The van der Waals surface area contributed by atoms with Crippen molar-refractivity contribution < 1.29 is 0 Å². The van der Waals surface area contributed by atoms with Crippen LogP contribution in [-0.2, 0) is 0 Å². The number of hydrogen-bond acceptors (Lipinski definition) is 7. The molecule has 8 heteroatoms. The summed E-state index contributed by atoms with van der Waals surface area (Å²) in [5.74, 6) is 0.892. The van der Waals surface area contributed by atoms with Gasteiger partial charge in [-0.2, -0.15) is 25.3 Å². The van der Waals surface area contributed by atoms with E-state index in [1.165, 1.54) is 4.68 Å². The Kier molecular flexibility index (Phi) is 3.33. The van der Waals surface area contributed by atoms with E-state index >= 15 is 0 Å². The molecule has 0 atom stereocenters. The molecule has 2 N–H and O–H groups in total. The van der Waals surface area contributed by atoms with Crippen molar-refractivity contribution in [1.29, 1.82) is 5.26 Å². The van der Waals surface area contributed by atoms with E-state index in [1.807, 2.05) is 0 Å². The second-order valence-electron chi connectivity index (χ2n) is 3.57. The van der Waals surface area contributed by atoms with Gasteiger partial charge >= 0.3 is 0 Å². The highest BCUT2D eigenvalue weighted by Gasteiger charge is 2.10. The van der Waals surface area contributed by atoms with Gasteiger partial charge in [0.1, 0.15) is 0 Å². The van der Waals surface area contributed by atoms with Crippen LogP contribution in [0.15, 0.2) is 18.5 Å². The summed E-state index contributed by atoms with van der Waals surface area (Å²) in [7, 11) is 1.79. The van der Waals surface area contributed by atoms with E-state index in [0.29, 0.717) is 24.9 Å². The van der Waals surface area contributed by atoms with E-state index in [-0.39, 0.29) is 5.95 Å². The molecule has 0 saturated carbocycles. The molecule has 0 spiro atoms. The van der Waals surface area contributed by atoms with Gasteiger partial charge in [-0.15, -0.1) is 0 Å². The van der Waals surface area contributed by atoms with E-state index in [4.69, 9.17) is 11.0 Å². The number of aromatic nitrogens is 5. The normalized spacial score (nSPS) is 10.0. The smallest absolute Gasteiger partial charge is 0.257 e. The molecule has 2 aromatic rings. The summed E-state index contributed by atoms with van der Waals surface area (Å²) in [4.78, 5) is 14.0. The fourth-order valence-electron chi connectivity index (χ4n) is 1.35. The molecule has 0 aliphatic carbocycles. The Balaban J connectivity index is 2.30. The van der Waals surface area contributed by atoms with Crippen molar-refractivity contribution >= 4 is 11.9 Å². The first kappa shape index (κ1) is 11.8. The highest BCUT2D eigenvalue weighted by Crippen LogP contribution is 2.09. The van der Waals surface area contributed by atoms with Crippen LogP contribution in [0.3, 0.4) is 0 Å². The van der Waals surface area contributed by atoms with Gasteiger partial charge in [0.05, 0.1) is 12.5 Å². The molecule has 0 saturated heterocycles. The van der Waals surface area contributed by atoms with Crippen molar-refractivity contribution in [1.82, 2.24) is 24.7 Å². The second kappa shape index (κ2) is 5.09. The van der Waals surface area contributed by atoms with Crippen LogP contribution in [0, 0.1) is 11.3 Å². The Hall–Kier alpha value is -2.69. The maximum absolute atomic E-state index is 8.55. The van der Waals surface area contributed by atoms with E-state index in [1.54, 1.807) is 30.4 Å². The highest BCUT2D eigenvalue weighted by molar-refractivity contribution is 5.36. The molecule has 0 aliphatic heterocycles. The first-order chi connectivity index (χ1) is 8.70. The van der Waals surface area contributed by atoms with Gasteiger partial charge in [0.2, 0.25) is 11.9 Å². The molecule has 2 aromatic heterocycles. The molecule has 0 aliphatic rings. The minimum atomic E-state index is 0.120. The van der Waals surface area contributed by atoms with Gasteiger partial charge < -0.3 is 10.6 Å². The van der Waals surface area contributed by atoms with Crippen LogP contribution in [0.1, 0.15) is 6.42 Å². The fraction of sp³-hybridized carbons (Fsp3) is 0.300. The number of nitriles is 1. The van der Waals surface area contributed by atoms with Crippen LogP contribution < -0.4 is 10.6 Å². The zero-order chi connectivity index (χ0) is 13.0. The van der Waals surface area contributed by atoms with Crippen molar-refractivity contribution in [3.05, 3.63) is 18.5 Å². The van der Waals surface area contributed by atoms with Gasteiger partial charge in [-0.1, -0.05) is 0 Å². The van der Waals surface area contributed by atoms with Gasteiger partial charge in [0.25, 0.3) is 5.95 Å². The van der Waals surface area contributed by atoms with Gasteiger partial charge in [0.15, 0.2) is 0 Å². The van der Waals surface area contributed by atoms with Crippen LogP contribution in [0.5, 0.6) is 0 Å². The molecule has 92 valence electrons. The third kappa shape index (κ3) is 2.52. The van der Waals surface area contributed by atoms with Gasteiger partial charge in [-0.05, 0) is 6.07 Å². The SMILES string of the molecule is CN(CCC#N)c1nc(N)nc(-n2cccn2)n1. The summed E-state index contributed by atoms with van der Waals surface area (Å²) in [5, 5.41) is 12.6. The molecule has 0 amide bonds. The minimum Gasteiger partial charge on any atom is -0.368 e. The maximum atomic E-state index is 8.55. The predicted octanol–water partition coefficient (Wildman–Crippen LogP) is -0.0106. The van der Waals surface area contributed by atoms with Crippen molar-refractivity contribution in [2.45, 2.75) is 6.42 Å². The Labute approximate surface area is 104 Å². The van der Waals surface area contributed by atoms with Gasteiger partial charge in [-0.25, -0.2) is 4.68 Å². The van der Waals surface area contributed by atoms with E-state index < -0.39 is 0 Å². The molecular formula is C10H12N8. The van der Waals surface area contributed by atoms with Crippen molar-refractivity contribution in [2.75, 3.05) is 24.2 Å². The third-order valence-electron chi connectivity index (χ3n) is 2.24. The lowest BCUT2D eigenvalue weighted by Crippen LogP contribution is -2.22. The molecule has 2 heterocycles. The Morgan fingerprint density at radius 3 is 2.94 bits per heavy atom. The topological polar surface area (TPSA) is 110 Å². The molecule has 0 radical (unpaired) electrons. The molecule has 18 heavy (non-hydrogen) atoms. The Bertz CT molecular complexity index is 556. The summed E-state index contributed by atoms with van der Waals surface area (Å²) in [5.41, 5.74) is 5.64. The summed E-state index contributed by atoms with van der Waals surface area (Å²) in [6, 6.07) is 3.83. The summed E-state index contributed by atoms with van der Waals surface area (Å²) >= 11 is 0. The number of nitrogens with zero attached hydrogens (tertiary/aromatic N) is 7. The summed E-state index contributed by atoms with van der Waals surface area (Å²) in [6.07, 6.45) is 3.73. The van der Waals surface area contributed by atoms with Crippen LogP contribution in [0.25, 0.3) is 5.95 Å². The Morgan fingerprint density at radius 1 is 1.44 bits per heavy atom. The average Bonchev–Trinajstić information content (AvgIpc) is 2.89. The maximum Gasteiger partial charge on any atom is 0.257 e. The van der Waals surface area contributed by atoms with Crippen LogP contribution in [0.4, 0.5) is 11.9 Å². The lowest BCUT2D eigenvalue weighted by Gasteiger charge is -2.15. The zero-order valence-electron chi connectivity index (χ0n) is 9.85. The molecular weight excluding hydrogens is 232 g/mol. The fourth-order valence-corrected chi connectivity index (χ4v) is 1.35. The number of hydrogen-bond donors (Lipinski definition) is 1. The van der Waals surface area contributed by atoms with E-state index in [0.717, 1.165) is 0 Å². The van der Waals surface area contributed by atoms with Crippen molar-refractivity contribution in [3.63, 3.8) is 0 Å². The van der Waals surface area contributed by atoms with Gasteiger partial charge in [0, 0.05) is 26.0 Å². The van der Waals surface area contributed by atoms with Crippen LogP contribution in [0.2, 0.25) is 0 Å². The standard InChI is InChI=1S/C10H12N8/c1-17(6-2-4-11)9-14-8(12)15-10(16-9)18-7-3-5-13-18/h3,5,7H,2,6H2,1H3,(H2,12,14,15,16). The molecule has 8 nitrogen and oxygen atoms in total. The molecule has 0 aromatic carbocycles. The summed E-state index contributed by atoms with van der Waals surface area (Å²) in [6.45, 7) is 0.526. The average molecular weight is 244 g/mol. The number of nitrogen functional groups attached to an aromatic ring is 1. The predicted molar refractivity (Wildman–Crippen MR) is 64.9 cm³/mol. The molecule has 0 bridgehead atoms. The van der Waals surface area contributed by atoms with E-state index in [9.17, 15) is 0 Å². The molecule has 2 rings (SSSR count). The van der Waals surface area contributed by atoms with E-state index in [2.05, 4.69) is 26.1 Å². The molecule has 0 fully saturated rings. The number of anilines is 2. The van der Waals surface area contributed by atoms with Crippen LogP contribution >= 0.6 is 0 Å². The first-order valence-corrected chi connectivity index (χ1v) is 5.30. The van der Waals surface area contributed by atoms with Crippen molar-refractivity contribution in [3.8, 4) is 12.0 Å². The highest BCUT2D eigenvalue weighted by atomic mass is 15.4. The third-order valence-corrected chi connectivity index (χ3v) is 2.24. The van der Waals surface area contributed by atoms with Crippen LogP contribution in [-0.4, -0.2) is 38.3 Å². The zero-order valence-corrected chi connectivity index (χ0v) is 9.85. The lowest BCUT2D eigenvalue weighted by molar-refractivity contribution is 0.777. The summed E-state index contributed by atoms with van der Waals surface area (Å²) < 4.78 is 1.50. The first-order valence-electron chi connectivity index (χ1n) is 5.30. The molecule has 0 unspecified atom stereocenters. The number of nitrogens with two attached hydrogens (primary N) is 1. The van der Waals surface area contributed by atoms with Gasteiger partial charge in [-0.3, -0.25) is 0 Å². The minimum absolute atomic E-state index is 0.120. The lowest BCUT2D eigenvalue weighted by atomic mass is 10.4. The number of rotatable bonds is 4. The van der Waals surface area contributed by atoms with Crippen molar-refractivity contribution in [2.24, 2.45) is 0 Å². The second-order valence-corrected chi connectivity index (χ2v) is 3.57. The monoisotopic (exact) mass is 244 g/mol. The Morgan fingerprint density at radius 2 is 2.28 bits per heavy atom.